The molecule has 1 heterocycles. The van der Waals surface area contributed by atoms with Crippen LogP contribution in [0.15, 0.2) is 4.99 Å². The van der Waals surface area contributed by atoms with Crippen molar-refractivity contribution in [1.82, 2.24) is 16.0 Å². The van der Waals surface area contributed by atoms with Crippen molar-refractivity contribution in [3.8, 4) is 0 Å². The van der Waals surface area contributed by atoms with Gasteiger partial charge in [-0.15, -0.1) is 0 Å². The number of hydrogen-bond acceptors (Lipinski definition) is 3. The lowest BCUT2D eigenvalue weighted by atomic mass is 10.1. The van der Waals surface area contributed by atoms with Gasteiger partial charge in [0.15, 0.2) is 5.96 Å². The molecule has 3 N–H and O–H groups in total. The highest BCUT2D eigenvalue weighted by Gasteiger charge is 2.18. The van der Waals surface area contributed by atoms with Crippen LogP contribution in [0.2, 0.25) is 0 Å². The van der Waals surface area contributed by atoms with Gasteiger partial charge in [-0.25, -0.2) is 0 Å². The van der Waals surface area contributed by atoms with E-state index in [2.05, 4.69) is 34.1 Å². The average Bonchev–Trinajstić information content (AvgIpc) is 2.41. The van der Waals surface area contributed by atoms with Gasteiger partial charge in [0.1, 0.15) is 0 Å². The molecule has 0 aromatic carbocycles. The van der Waals surface area contributed by atoms with Crippen LogP contribution < -0.4 is 16.0 Å². The average molecular weight is 286 g/mol. The summed E-state index contributed by atoms with van der Waals surface area (Å²) in [4.78, 5) is 15.7. The van der Waals surface area contributed by atoms with Gasteiger partial charge < -0.3 is 16.0 Å². The smallest absolute Gasteiger partial charge is 0.220 e. The van der Waals surface area contributed by atoms with Crippen LogP contribution in [-0.2, 0) is 4.79 Å². The molecule has 6 heteroatoms. The first-order chi connectivity index (χ1) is 9.26. The second kappa shape index (κ2) is 9.95. The maximum Gasteiger partial charge on any atom is 0.220 e. The van der Waals surface area contributed by atoms with Crippen LogP contribution in [0, 0.1) is 0 Å². The molecule has 1 aliphatic rings. The molecule has 0 saturated carbocycles. The quantitative estimate of drug-likeness (QED) is 0.371. The molecule has 1 fully saturated rings. The van der Waals surface area contributed by atoms with Gasteiger partial charge in [0, 0.05) is 32.1 Å². The van der Waals surface area contributed by atoms with Crippen molar-refractivity contribution in [2.45, 2.75) is 38.6 Å². The topological polar surface area (TPSA) is 65.5 Å². The Balaban J connectivity index is 2.30. The van der Waals surface area contributed by atoms with E-state index in [0.29, 0.717) is 19.0 Å². The molecule has 110 valence electrons. The van der Waals surface area contributed by atoms with E-state index in [4.69, 9.17) is 0 Å². The molecule has 19 heavy (non-hydrogen) atoms. The molecule has 1 unspecified atom stereocenters. The van der Waals surface area contributed by atoms with Gasteiger partial charge in [0.25, 0.3) is 0 Å². The van der Waals surface area contributed by atoms with Crippen LogP contribution >= 0.6 is 11.8 Å². The molecule has 1 atom stereocenters. The van der Waals surface area contributed by atoms with E-state index >= 15 is 0 Å². The van der Waals surface area contributed by atoms with Gasteiger partial charge in [-0.05, 0) is 38.2 Å². The summed E-state index contributed by atoms with van der Waals surface area (Å²) in [5, 5.41) is 9.52. The number of amides is 1. The minimum atomic E-state index is 0.150. The molecule has 0 aromatic heterocycles. The Morgan fingerprint density at radius 2 is 2.37 bits per heavy atom. The zero-order chi connectivity index (χ0) is 13.9. The largest absolute Gasteiger partial charge is 0.357 e. The van der Waals surface area contributed by atoms with E-state index in [1.807, 2.05) is 11.8 Å². The molecule has 0 bridgehead atoms. The summed E-state index contributed by atoms with van der Waals surface area (Å²) in [7, 11) is 0. The molecular formula is C13H26N4OS. The van der Waals surface area contributed by atoms with Crippen LogP contribution in [0.3, 0.4) is 0 Å². The zero-order valence-electron chi connectivity index (χ0n) is 12.0. The summed E-state index contributed by atoms with van der Waals surface area (Å²) in [6.07, 6.45) is 5.95. The number of carbonyl (C=O) groups is 1. The minimum absolute atomic E-state index is 0.150. The number of hydrogen-bond donors (Lipinski definition) is 3. The monoisotopic (exact) mass is 286 g/mol. The predicted octanol–water partition coefficient (Wildman–Crippen LogP) is 0.963. The molecule has 0 aliphatic carbocycles. The molecule has 1 saturated heterocycles. The third kappa shape index (κ3) is 7.30. The number of piperidine rings is 1. The Kier molecular flexibility index (Phi) is 8.45. The fourth-order valence-corrected chi connectivity index (χ4v) is 2.41. The van der Waals surface area contributed by atoms with Crippen LogP contribution in [0.4, 0.5) is 0 Å². The maximum absolute atomic E-state index is 11.1. The maximum atomic E-state index is 11.1. The first-order valence-corrected chi connectivity index (χ1v) is 8.46. The van der Waals surface area contributed by atoms with E-state index in [9.17, 15) is 4.79 Å². The first kappa shape index (κ1) is 16.1. The Morgan fingerprint density at radius 1 is 1.53 bits per heavy atom. The van der Waals surface area contributed by atoms with Crippen LogP contribution in [0.1, 0.15) is 32.6 Å². The molecule has 0 radical (unpaired) electrons. The number of nitrogens with one attached hydrogen (secondary N) is 3. The second-order valence-electron chi connectivity index (χ2n) is 4.64. The lowest BCUT2D eigenvalue weighted by Gasteiger charge is -2.25. The van der Waals surface area contributed by atoms with Crippen molar-refractivity contribution in [2.24, 2.45) is 4.99 Å². The second-order valence-corrected chi connectivity index (χ2v) is 5.63. The van der Waals surface area contributed by atoms with E-state index in [-0.39, 0.29) is 5.91 Å². The highest BCUT2D eigenvalue weighted by Crippen LogP contribution is 2.03. The lowest BCUT2D eigenvalue weighted by molar-refractivity contribution is -0.122. The molecule has 1 amide bonds. The first-order valence-electron chi connectivity index (χ1n) is 7.06. The normalized spacial score (nSPS) is 20.0. The number of unbranched alkanes of at least 4 members (excludes halogenated alkanes) is 1. The van der Waals surface area contributed by atoms with Gasteiger partial charge in [-0.1, -0.05) is 0 Å². The van der Waals surface area contributed by atoms with E-state index in [1.165, 1.54) is 12.2 Å². The lowest BCUT2D eigenvalue weighted by Crippen LogP contribution is -2.51. The zero-order valence-corrected chi connectivity index (χ0v) is 12.8. The van der Waals surface area contributed by atoms with Gasteiger partial charge in [-0.2, -0.15) is 11.8 Å². The molecule has 5 nitrogen and oxygen atoms in total. The van der Waals surface area contributed by atoms with Gasteiger partial charge in [-0.3, -0.25) is 9.79 Å². The SMILES string of the molecule is CCNC(=NCCCCSC)NC1CCC(=O)NC1. The number of rotatable bonds is 7. The molecule has 0 aromatic rings. The van der Waals surface area contributed by atoms with E-state index in [0.717, 1.165) is 31.9 Å². The van der Waals surface area contributed by atoms with Crippen molar-refractivity contribution in [1.29, 1.82) is 0 Å². The predicted molar refractivity (Wildman–Crippen MR) is 82.8 cm³/mol. The summed E-state index contributed by atoms with van der Waals surface area (Å²) >= 11 is 1.88. The van der Waals surface area contributed by atoms with Crippen molar-refractivity contribution in [2.75, 3.05) is 31.6 Å². The van der Waals surface area contributed by atoms with Gasteiger partial charge >= 0.3 is 0 Å². The van der Waals surface area contributed by atoms with Crippen LogP contribution in [0.5, 0.6) is 0 Å². The summed E-state index contributed by atoms with van der Waals surface area (Å²) < 4.78 is 0. The number of aliphatic imine (C=N–C) groups is 1. The van der Waals surface area contributed by atoms with Crippen LogP contribution in [0.25, 0.3) is 0 Å². The summed E-state index contributed by atoms with van der Waals surface area (Å²) in [5.74, 6) is 2.22. The van der Waals surface area contributed by atoms with Gasteiger partial charge in [0.05, 0.1) is 0 Å². The number of guanidine groups is 1. The Bertz CT molecular complexity index is 286. The number of nitrogens with zero attached hydrogens (tertiary/aromatic N) is 1. The Hall–Kier alpha value is -0.910. The molecule has 0 spiro atoms. The third-order valence-corrected chi connectivity index (χ3v) is 3.67. The van der Waals surface area contributed by atoms with Crippen molar-refractivity contribution < 1.29 is 4.79 Å². The summed E-state index contributed by atoms with van der Waals surface area (Å²) in [5.41, 5.74) is 0. The van der Waals surface area contributed by atoms with Gasteiger partial charge in [0.2, 0.25) is 5.91 Å². The molecule has 1 rings (SSSR count). The van der Waals surface area contributed by atoms with Crippen molar-refractivity contribution in [3.63, 3.8) is 0 Å². The van der Waals surface area contributed by atoms with Crippen LogP contribution in [-0.4, -0.2) is 49.6 Å². The van der Waals surface area contributed by atoms with E-state index < -0.39 is 0 Å². The molecule has 1 aliphatic heterocycles. The van der Waals surface area contributed by atoms with Crippen molar-refractivity contribution in [3.05, 3.63) is 0 Å². The van der Waals surface area contributed by atoms with E-state index in [1.54, 1.807) is 0 Å². The Labute approximate surface area is 120 Å². The summed E-state index contributed by atoms with van der Waals surface area (Å²) in [6.45, 7) is 4.47. The minimum Gasteiger partial charge on any atom is -0.357 e. The molecular weight excluding hydrogens is 260 g/mol. The number of carbonyl (C=O) groups excluding carboxylic acids is 1. The summed E-state index contributed by atoms with van der Waals surface area (Å²) in [6, 6.07) is 0.293. The Morgan fingerprint density at radius 3 is 3.00 bits per heavy atom. The third-order valence-electron chi connectivity index (χ3n) is 2.98. The highest BCUT2D eigenvalue weighted by molar-refractivity contribution is 7.98. The number of thioether (sulfide) groups is 1. The van der Waals surface area contributed by atoms with Crippen molar-refractivity contribution >= 4 is 23.6 Å². The highest BCUT2D eigenvalue weighted by atomic mass is 32.2. The standard InChI is InChI=1S/C13H26N4OS/c1-3-14-13(15-8-4-5-9-19-2)17-11-6-7-12(18)16-10-11/h11H,3-10H2,1-2H3,(H,16,18)(H2,14,15,17). The fourth-order valence-electron chi connectivity index (χ4n) is 1.92. The fraction of sp³-hybridized carbons (Fsp3) is 0.846.